The molecule has 0 aliphatic carbocycles. The van der Waals surface area contributed by atoms with Crippen LogP contribution in [0.25, 0.3) is 0 Å². The first-order valence-electron chi connectivity index (χ1n) is 8.22. The van der Waals surface area contributed by atoms with E-state index in [1.165, 1.54) is 12.1 Å². The number of carbonyl (C=O) groups excluding carboxylic acids is 1. The first-order chi connectivity index (χ1) is 11.6. The van der Waals surface area contributed by atoms with Gasteiger partial charge in [-0.3, -0.25) is 4.79 Å². The Kier molecular flexibility index (Phi) is 5.03. The van der Waals surface area contributed by atoms with Gasteiger partial charge in [-0.2, -0.15) is 0 Å². The summed E-state index contributed by atoms with van der Waals surface area (Å²) in [6, 6.07) is 7.87. The zero-order chi connectivity index (χ0) is 16.9. The summed E-state index contributed by atoms with van der Waals surface area (Å²) < 4.78 is 12.9. The molecule has 2 heterocycles. The highest BCUT2D eigenvalue weighted by Gasteiger charge is 2.23. The van der Waals surface area contributed by atoms with Crippen LogP contribution in [0.5, 0.6) is 0 Å². The molecule has 2 aromatic rings. The molecule has 0 bridgehead atoms. The average Bonchev–Trinajstić information content (AvgIpc) is 2.61. The zero-order valence-electron chi connectivity index (χ0n) is 13.7. The third-order valence-corrected chi connectivity index (χ3v) is 4.18. The Morgan fingerprint density at radius 3 is 2.88 bits per heavy atom. The van der Waals surface area contributed by atoms with E-state index < -0.39 is 0 Å². The van der Waals surface area contributed by atoms with Crippen LogP contribution in [0.1, 0.15) is 35.8 Å². The minimum absolute atomic E-state index is 0.0474. The number of hydrogen-bond donors (Lipinski definition) is 1. The molecular weight excluding hydrogens is 307 g/mol. The number of anilines is 1. The van der Waals surface area contributed by atoms with Crippen LogP contribution in [0.3, 0.4) is 0 Å². The monoisotopic (exact) mass is 328 g/mol. The topological polar surface area (TPSA) is 58.1 Å². The molecule has 6 heteroatoms. The maximum absolute atomic E-state index is 12.9. The number of aromatic nitrogens is 2. The Balaban J connectivity index is 1.65. The van der Waals surface area contributed by atoms with Crippen LogP contribution in [0.15, 0.2) is 36.5 Å². The Hall–Kier alpha value is -2.50. The second-order valence-corrected chi connectivity index (χ2v) is 6.24. The molecule has 5 nitrogen and oxygen atoms in total. The molecule has 1 aromatic carbocycles. The molecule has 3 rings (SSSR count). The van der Waals surface area contributed by atoms with E-state index in [0.717, 1.165) is 31.5 Å². The van der Waals surface area contributed by atoms with Crippen molar-refractivity contribution < 1.29 is 9.18 Å². The second kappa shape index (κ2) is 7.38. The van der Waals surface area contributed by atoms with Crippen LogP contribution in [-0.4, -0.2) is 33.9 Å². The van der Waals surface area contributed by atoms with Crippen molar-refractivity contribution in [2.45, 2.75) is 26.3 Å². The molecule has 1 fully saturated rings. The van der Waals surface area contributed by atoms with Gasteiger partial charge in [-0.15, -0.1) is 0 Å². The standard InChI is InChI=1S/C18H21FN4O/c1-13-3-2-10-23(12-13)17(24)16-8-9-20-18(22-16)21-11-14-4-6-15(19)7-5-14/h4-9,13H,2-3,10-12H2,1H3,(H,20,21,22). The number of halogens is 1. The number of likely N-dealkylation sites (tertiary alicyclic amines) is 1. The highest BCUT2D eigenvalue weighted by atomic mass is 19.1. The Labute approximate surface area is 140 Å². The van der Waals surface area contributed by atoms with Crippen molar-refractivity contribution in [3.63, 3.8) is 0 Å². The van der Waals surface area contributed by atoms with E-state index in [2.05, 4.69) is 22.2 Å². The van der Waals surface area contributed by atoms with Crippen molar-refractivity contribution in [1.82, 2.24) is 14.9 Å². The van der Waals surface area contributed by atoms with E-state index in [9.17, 15) is 9.18 Å². The molecule has 126 valence electrons. The van der Waals surface area contributed by atoms with Gasteiger partial charge in [-0.1, -0.05) is 19.1 Å². The average molecular weight is 328 g/mol. The Morgan fingerprint density at radius 2 is 2.12 bits per heavy atom. The maximum atomic E-state index is 12.9. The number of nitrogens with one attached hydrogen (secondary N) is 1. The number of benzene rings is 1. The van der Waals surface area contributed by atoms with Gasteiger partial charge in [0.1, 0.15) is 11.5 Å². The normalized spacial score (nSPS) is 17.6. The van der Waals surface area contributed by atoms with E-state index in [4.69, 9.17) is 0 Å². The summed E-state index contributed by atoms with van der Waals surface area (Å²) in [5, 5.41) is 3.07. The number of hydrogen-bond acceptors (Lipinski definition) is 4. The fourth-order valence-corrected chi connectivity index (χ4v) is 2.88. The minimum Gasteiger partial charge on any atom is -0.350 e. The molecule has 0 saturated carbocycles. The molecule has 0 radical (unpaired) electrons. The summed E-state index contributed by atoms with van der Waals surface area (Å²) in [5.74, 6) is 0.614. The van der Waals surface area contributed by atoms with Crippen molar-refractivity contribution in [3.05, 3.63) is 53.6 Å². The van der Waals surface area contributed by atoms with Crippen molar-refractivity contribution in [2.75, 3.05) is 18.4 Å². The lowest BCUT2D eigenvalue weighted by Crippen LogP contribution is -2.39. The van der Waals surface area contributed by atoms with Crippen molar-refractivity contribution in [1.29, 1.82) is 0 Å². The van der Waals surface area contributed by atoms with Gasteiger partial charge in [-0.25, -0.2) is 14.4 Å². The van der Waals surface area contributed by atoms with Crippen molar-refractivity contribution >= 4 is 11.9 Å². The molecule has 1 amide bonds. The van der Waals surface area contributed by atoms with Crippen LogP contribution in [0.2, 0.25) is 0 Å². The molecule has 1 N–H and O–H groups in total. The lowest BCUT2D eigenvalue weighted by atomic mass is 10.00. The molecule has 1 unspecified atom stereocenters. The first kappa shape index (κ1) is 16.4. The fraction of sp³-hybridized carbons (Fsp3) is 0.389. The van der Waals surface area contributed by atoms with Crippen LogP contribution < -0.4 is 5.32 Å². The molecule has 1 aromatic heterocycles. The number of piperidine rings is 1. The first-order valence-corrected chi connectivity index (χ1v) is 8.22. The number of carbonyl (C=O) groups is 1. The molecule has 24 heavy (non-hydrogen) atoms. The van der Waals surface area contributed by atoms with Crippen LogP contribution in [-0.2, 0) is 6.54 Å². The van der Waals surface area contributed by atoms with E-state index >= 15 is 0 Å². The largest absolute Gasteiger partial charge is 0.350 e. The summed E-state index contributed by atoms with van der Waals surface area (Å²) in [7, 11) is 0. The molecular formula is C18H21FN4O. The maximum Gasteiger partial charge on any atom is 0.272 e. The van der Waals surface area contributed by atoms with Gasteiger partial charge in [0, 0.05) is 25.8 Å². The third-order valence-electron chi connectivity index (χ3n) is 4.18. The Bertz CT molecular complexity index is 704. The van der Waals surface area contributed by atoms with E-state index in [1.54, 1.807) is 24.4 Å². The third kappa shape index (κ3) is 4.07. The van der Waals surface area contributed by atoms with Crippen molar-refractivity contribution in [2.24, 2.45) is 5.92 Å². The van der Waals surface area contributed by atoms with Gasteiger partial charge >= 0.3 is 0 Å². The van der Waals surface area contributed by atoms with Gasteiger partial charge in [0.25, 0.3) is 5.91 Å². The molecule has 1 aliphatic rings. The number of rotatable bonds is 4. The molecule has 0 spiro atoms. The molecule has 1 aliphatic heterocycles. The number of nitrogens with zero attached hydrogens (tertiary/aromatic N) is 3. The van der Waals surface area contributed by atoms with E-state index in [-0.39, 0.29) is 11.7 Å². The summed E-state index contributed by atoms with van der Waals surface area (Å²) in [4.78, 5) is 22.9. The smallest absolute Gasteiger partial charge is 0.272 e. The van der Waals surface area contributed by atoms with Crippen LogP contribution >= 0.6 is 0 Å². The zero-order valence-corrected chi connectivity index (χ0v) is 13.7. The summed E-state index contributed by atoms with van der Waals surface area (Å²) in [6.45, 7) is 4.19. The van der Waals surface area contributed by atoms with Gasteiger partial charge in [-0.05, 0) is 42.5 Å². The van der Waals surface area contributed by atoms with Crippen LogP contribution in [0, 0.1) is 11.7 Å². The van der Waals surface area contributed by atoms with Gasteiger partial charge < -0.3 is 10.2 Å². The highest BCUT2D eigenvalue weighted by Crippen LogP contribution is 2.17. The van der Waals surface area contributed by atoms with Gasteiger partial charge in [0.05, 0.1) is 0 Å². The van der Waals surface area contributed by atoms with Crippen LogP contribution in [0.4, 0.5) is 10.3 Å². The lowest BCUT2D eigenvalue weighted by Gasteiger charge is -2.30. The summed E-state index contributed by atoms with van der Waals surface area (Å²) in [5.41, 5.74) is 1.32. The lowest BCUT2D eigenvalue weighted by molar-refractivity contribution is 0.0677. The SMILES string of the molecule is CC1CCCN(C(=O)c2ccnc(NCc3ccc(F)cc3)n2)C1. The van der Waals surface area contributed by atoms with Crippen molar-refractivity contribution in [3.8, 4) is 0 Å². The van der Waals surface area contributed by atoms with E-state index in [0.29, 0.717) is 24.1 Å². The number of amides is 1. The minimum atomic E-state index is -0.265. The highest BCUT2D eigenvalue weighted by molar-refractivity contribution is 5.92. The fourth-order valence-electron chi connectivity index (χ4n) is 2.88. The molecule has 1 saturated heterocycles. The quantitative estimate of drug-likeness (QED) is 0.937. The van der Waals surface area contributed by atoms with E-state index in [1.807, 2.05) is 4.90 Å². The predicted molar refractivity (Wildman–Crippen MR) is 90.1 cm³/mol. The second-order valence-electron chi connectivity index (χ2n) is 6.24. The summed E-state index contributed by atoms with van der Waals surface area (Å²) >= 11 is 0. The van der Waals surface area contributed by atoms with Gasteiger partial charge in [0.15, 0.2) is 0 Å². The van der Waals surface area contributed by atoms with Gasteiger partial charge in [0.2, 0.25) is 5.95 Å². The Morgan fingerprint density at radius 1 is 1.33 bits per heavy atom. The predicted octanol–water partition coefficient (Wildman–Crippen LogP) is 3.10. The summed E-state index contributed by atoms with van der Waals surface area (Å²) in [6.07, 6.45) is 3.78. The molecule has 1 atom stereocenters.